The Morgan fingerprint density at radius 3 is 1.04 bits per heavy atom. The molecule has 6 saturated heterocycles. The molecule has 0 spiro atoms. The summed E-state index contributed by atoms with van der Waals surface area (Å²) >= 11 is 0. The van der Waals surface area contributed by atoms with E-state index in [1.807, 2.05) is 0 Å². The fourth-order valence-corrected chi connectivity index (χ4v) is 7.58. The van der Waals surface area contributed by atoms with Crippen LogP contribution in [0.1, 0.15) is 47.9 Å². The van der Waals surface area contributed by atoms with Crippen molar-refractivity contribution in [1.82, 2.24) is 0 Å². The maximum absolute atomic E-state index is 5.86. The van der Waals surface area contributed by atoms with E-state index in [0.29, 0.717) is 24.4 Å². The minimum atomic E-state index is 0.148. The van der Waals surface area contributed by atoms with Crippen molar-refractivity contribution in [3.63, 3.8) is 0 Å². The van der Waals surface area contributed by atoms with Crippen LogP contribution in [0.5, 0.6) is 0 Å². The van der Waals surface area contributed by atoms with E-state index in [1.165, 1.54) is 39.3 Å². The number of anilines is 3. The van der Waals surface area contributed by atoms with Crippen molar-refractivity contribution in [2.75, 3.05) is 93.6 Å². The highest BCUT2D eigenvalue weighted by molar-refractivity contribution is 5.69. The predicted octanol–water partition coefficient (Wildman–Crippen LogP) is 4.80. The number of hydrogen-bond acceptors (Lipinski definition) is 9. The van der Waals surface area contributed by atoms with Gasteiger partial charge in [0.2, 0.25) is 0 Å². The molecule has 9 heteroatoms. The van der Waals surface area contributed by atoms with Gasteiger partial charge in [-0.25, -0.2) is 0 Å². The third-order valence-corrected chi connectivity index (χ3v) is 10.8. The average molecular weight is 668 g/mol. The minimum absolute atomic E-state index is 0.148. The van der Waals surface area contributed by atoms with E-state index >= 15 is 0 Å². The topological polar surface area (TPSA) is 84.9 Å². The molecule has 260 valence electrons. The summed E-state index contributed by atoms with van der Waals surface area (Å²) in [6, 6.07) is 24.9. The molecule has 9 nitrogen and oxygen atoms in total. The van der Waals surface area contributed by atoms with E-state index in [0.717, 1.165) is 78.9 Å². The molecule has 0 saturated carbocycles. The maximum atomic E-state index is 5.86. The van der Waals surface area contributed by atoms with E-state index < -0.39 is 0 Å². The zero-order chi connectivity index (χ0) is 32.9. The molecule has 6 heterocycles. The Balaban J connectivity index is 1.12. The Hall–Kier alpha value is -3.18. The summed E-state index contributed by atoms with van der Waals surface area (Å²) in [6.45, 7) is 15.0. The molecule has 3 aromatic rings. The first-order chi connectivity index (χ1) is 24.1. The molecule has 0 N–H and O–H groups in total. The highest BCUT2D eigenvalue weighted by Gasteiger charge is 2.37. The van der Waals surface area contributed by atoms with Gasteiger partial charge in [-0.2, -0.15) is 0 Å². The van der Waals surface area contributed by atoms with Crippen molar-refractivity contribution >= 4 is 17.1 Å². The van der Waals surface area contributed by atoms with Gasteiger partial charge in [0.25, 0.3) is 0 Å². The molecular formula is C40H49N3O6. The lowest BCUT2D eigenvalue weighted by Gasteiger charge is -2.35. The van der Waals surface area contributed by atoms with Gasteiger partial charge in [0.15, 0.2) is 0 Å². The second-order valence-electron chi connectivity index (χ2n) is 14.8. The lowest BCUT2D eigenvalue weighted by Crippen LogP contribution is -2.35. The summed E-state index contributed by atoms with van der Waals surface area (Å²) in [4.78, 5) is 7.58. The Kier molecular flexibility index (Phi) is 8.76. The van der Waals surface area contributed by atoms with E-state index in [9.17, 15) is 0 Å². The van der Waals surface area contributed by atoms with Crippen LogP contribution in [-0.2, 0) is 28.4 Å². The van der Waals surface area contributed by atoms with Crippen LogP contribution >= 0.6 is 0 Å². The normalized spacial score (nSPS) is 28.4. The van der Waals surface area contributed by atoms with Crippen LogP contribution in [-0.4, -0.2) is 116 Å². The quantitative estimate of drug-likeness (QED) is 0.168. The van der Waals surface area contributed by atoms with E-state index in [1.54, 1.807) is 0 Å². The van der Waals surface area contributed by atoms with Gasteiger partial charge in [-0.05, 0) is 34.4 Å². The highest BCUT2D eigenvalue weighted by atomic mass is 16.6. The van der Waals surface area contributed by atoms with Gasteiger partial charge >= 0.3 is 0 Å². The van der Waals surface area contributed by atoms with Gasteiger partial charge in [-0.15, -0.1) is 0 Å². The summed E-state index contributed by atoms with van der Waals surface area (Å²) in [5, 5.41) is 0. The molecule has 8 unspecified atom stereocenters. The van der Waals surface area contributed by atoms with Crippen LogP contribution in [0.4, 0.5) is 17.1 Å². The number of epoxide rings is 6. The molecule has 0 aliphatic carbocycles. The standard InChI is InChI=1S/C40H49N3O6/c1-26(34-8-3-5-12-38(34)41(14-28-20-44-28)15-29-21-45-29)36-10-7-11-37(40(36)43(18-32-24-48-32)19-33-25-49-33)27(2)35-9-4-6-13-39(35)42(16-30-22-46-30)17-31-23-47-31/h3-13,26-33H,14-25H2,1-2H3. The molecule has 6 aliphatic rings. The molecule has 3 aromatic carbocycles. The number of nitrogens with zero attached hydrogens (tertiary/aromatic N) is 3. The zero-order valence-electron chi connectivity index (χ0n) is 28.7. The predicted molar refractivity (Wildman–Crippen MR) is 189 cm³/mol. The summed E-state index contributed by atoms with van der Waals surface area (Å²) in [7, 11) is 0. The number of para-hydroxylation sites is 3. The van der Waals surface area contributed by atoms with Crippen molar-refractivity contribution in [2.45, 2.75) is 62.3 Å². The fourth-order valence-electron chi connectivity index (χ4n) is 7.58. The largest absolute Gasteiger partial charge is 0.371 e. The molecule has 49 heavy (non-hydrogen) atoms. The molecule has 6 fully saturated rings. The Bertz CT molecular complexity index is 1470. The van der Waals surface area contributed by atoms with E-state index in [2.05, 4.69) is 95.3 Å². The maximum Gasteiger partial charge on any atom is 0.0984 e. The first kappa shape index (κ1) is 31.8. The molecule has 8 atom stereocenters. The van der Waals surface area contributed by atoms with Crippen molar-refractivity contribution in [1.29, 1.82) is 0 Å². The Morgan fingerprint density at radius 1 is 0.429 bits per heavy atom. The van der Waals surface area contributed by atoms with Gasteiger partial charge in [-0.1, -0.05) is 68.4 Å². The lowest BCUT2D eigenvalue weighted by atomic mass is 9.83. The Morgan fingerprint density at radius 2 is 0.714 bits per heavy atom. The van der Waals surface area contributed by atoms with Crippen LogP contribution in [0.15, 0.2) is 66.7 Å². The van der Waals surface area contributed by atoms with Gasteiger partial charge in [0, 0.05) is 68.2 Å². The first-order valence-corrected chi connectivity index (χ1v) is 18.3. The number of ether oxygens (including phenoxy) is 6. The molecular weight excluding hydrogens is 618 g/mol. The minimum Gasteiger partial charge on any atom is -0.371 e. The molecule has 0 aromatic heterocycles. The molecule has 9 rings (SSSR count). The summed E-state index contributed by atoms with van der Waals surface area (Å²) in [5.74, 6) is 0.296. The van der Waals surface area contributed by atoms with Crippen molar-refractivity contribution in [2.24, 2.45) is 0 Å². The average Bonchev–Trinajstić information content (AvgIpc) is 3.89. The zero-order valence-corrected chi connectivity index (χ0v) is 28.7. The van der Waals surface area contributed by atoms with E-state index in [-0.39, 0.29) is 24.0 Å². The van der Waals surface area contributed by atoms with Gasteiger partial charge in [-0.3, -0.25) is 0 Å². The van der Waals surface area contributed by atoms with Crippen LogP contribution in [0.3, 0.4) is 0 Å². The summed E-state index contributed by atoms with van der Waals surface area (Å²) < 4.78 is 34.6. The van der Waals surface area contributed by atoms with Gasteiger partial charge in [0.05, 0.1) is 76.3 Å². The summed E-state index contributed by atoms with van der Waals surface area (Å²) in [5.41, 5.74) is 9.23. The number of hydrogen-bond donors (Lipinski definition) is 0. The first-order valence-electron chi connectivity index (χ1n) is 18.3. The van der Waals surface area contributed by atoms with Crippen LogP contribution in [0, 0.1) is 0 Å². The molecule has 0 bridgehead atoms. The highest BCUT2D eigenvalue weighted by Crippen LogP contribution is 2.45. The van der Waals surface area contributed by atoms with Crippen molar-refractivity contribution in [3.05, 3.63) is 89.0 Å². The SMILES string of the molecule is CC(c1ccccc1N(CC1CO1)CC1CO1)c1cccc(C(C)c2ccccc2N(CC2CO2)CC2CO2)c1N(CC1CO1)CC1CO1. The Labute approximate surface area is 290 Å². The van der Waals surface area contributed by atoms with Crippen LogP contribution < -0.4 is 14.7 Å². The fraction of sp³-hybridized carbons (Fsp3) is 0.550. The number of benzene rings is 3. The molecule has 0 amide bonds. The van der Waals surface area contributed by atoms with Crippen molar-refractivity contribution < 1.29 is 28.4 Å². The second kappa shape index (κ2) is 13.5. The summed E-state index contributed by atoms with van der Waals surface area (Å²) in [6.07, 6.45) is 1.70. The third kappa shape index (κ3) is 7.77. The van der Waals surface area contributed by atoms with Crippen LogP contribution in [0.2, 0.25) is 0 Å². The lowest BCUT2D eigenvalue weighted by molar-refractivity contribution is 0.388. The number of rotatable bonds is 19. The molecule has 6 aliphatic heterocycles. The monoisotopic (exact) mass is 667 g/mol. The third-order valence-electron chi connectivity index (χ3n) is 10.8. The second-order valence-corrected chi connectivity index (χ2v) is 14.8. The van der Waals surface area contributed by atoms with Gasteiger partial charge in [0.1, 0.15) is 0 Å². The van der Waals surface area contributed by atoms with Crippen LogP contribution in [0.25, 0.3) is 0 Å². The van der Waals surface area contributed by atoms with E-state index in [4.69, 9.17) is 28.4 Å². The van der Waals surface area contributed by atoms with Crippen molar-refractivity contribution in [3.8, 4) is 0 Å². The molecule has 0 radical (unpaired) electrons. The smallest absolute Gasteiger partial charge is 0.0984 e. The van der Waals surface area contributed by atoms with Gasteiger partial charge < -0.3 is 43.1 Å².